The Kier molecular flexibility index (Phi) is 9.21. The second-order valence-corrected chi connectivity index (χ2v) is 17.8. The van der Waals surface area contributed by atoms with E-state index in [1.807, 2.05) is 0 Å². The lowest BCUT2D eigenvalue weighted by molar-refractivity contribution is 0.660. The molecule has 0 aliphatic heterocycles. The Morgan fingerprint density at radius 2 is 0.785 bits per heavy atom. The Balaban J connectivity index is 1.01. The fourth-order valence-corrected chi connectivity index (χ4v) is 10.4. The highest BCUT2D eigenvalue weighted by atomic mass is 15.1. The zero-order valence-corrected chi connectivity index (χ0v) is 36.5. The largest absolute Gasteiger partial charge is 0.310 e. The minimum Gasteiger partial charge on any atom is -0.310 e. The van der Waals surface area contributed by atoms with Gasteiger partial charge in [0, 0.05) is 38.8 Å². The van der Waals surface area contributed by atoms with Gasteiger partial charge in [0.25, 0.3) is 0 Å². The van der Waals surface area contributed by atoms with Gasteiger partial charge in [0.1, 0.15) is 0 Å². The van der Waals surface area contributed by atoms with E-state index in [0.717, 1.165) is 17.1 Å². The molecule has 1 aliphatic rings. The molecule has 1 heterocycles. The van der Waals surface area contributed by atoms with E-state index < -0.39 is 0 Å². The molecule has 0 amide bonds. The second kappa shape index (κ2) is 15.6. The lowest BCUT2D eigenvalue weighted by atomic mass is 9.82. The summed E-state index contributed by atoms with van der Waals surface area (Å²) in [5, 5.41) is 2.55. The zero-order valence-electron chi connectivity index (χ0n) is 36.5. The number of benzene rings is 10. The molecule has 0 unspecified atom stereocenters. The van der Waals surface area contributed by atoms with Crippen molar-refractivity contribution >= 4 is 38.9 Å². The molecule has 308 valence electrons. The minimum atomic E-state index is -0.260. The molecule has 0 atom stereocenters. The van der Waals surface area contributed by atoms with E-state index in [-0.39, 0.29) is 5.41 Å². The van der Waals surface area contributed by atoms with Gasteiger partial charge >= 0.3 is 0 Å². The van der Waals surface area contributed by atoms with Crippen LogP contribution < -0.4 is 4.90 Å². The first-order valence-electron chi connectivity index (χ1n) is 22.6. The number of anilines is 3. The van der Waals surface area contributed by atoms with Gasteiger partial charge in [-0.05, 0) is 128 Å². The van der Waals surface area contributed by atoms with Crippen molar-refractivity contribution in [2.75, 3.05) is 4.90 Å². The van der Waals surface area contributed by atoms with Crippen molar-refractivity contribution in [2.45, 2.75) is 19.3 Å². The molecule has 0 bridgehead atoms. The summed E-state index contributed by atoms with van der Waals surface area (Å²) < 4.78 is 2.43. The third-order valence-electron chi connectivity index (χ3n) is 13.6. The van der Waals surface area contributed by atoms with E-state index in [2.05, 4.69) is 266 Å². The van der Waals surface area contributed by atoms with Gasteiger partial charge in [0.05, 0.1) is 16.7 Å². The molecule has 0 saturated carbocycles. The number of hydrogen-bond acceptors (Lipinski definition) is 1. The predicted octanol–water partition coefficient (Wildman–Crippen LogP) is 17.2. The molecule has 0 spiro atoms. The maximum absolute atomic E-state index is 2.47. The maximum Gasteiger partial charge on any atom is 0.0541 e. The molecule has 0 saturated heterocycles. The van der Waals surface area contributed by atoms with Crippen molar-refractivity contribution in [1.82, 2.24) is 4.57 Å². The Morgan fingerprint density at radius 3 is 1.45 bits per heavy atom. The lowest BCUT2D eigenvalue weighted by Gasteiger charge is -2.30. The Morgan fingerprint density at radius 1 is 0.323 bits per heavy atom. The Hall–Kier alpha value is -8.20. The third kappa shape index (κ3) is 6.57. The monoisotopic (exact) mass is 830 g/mol. The van der Waals surface area contributed by atoms with E-state index >= 15 is 0 Å². The molecule has 0 radical (unpaired) electrons. The van der Waals surface area contributed by atoms with Crippen molar-refractivity contribution < 1.29 is 0 Å². The van der Waals surface area contributed by atoms with Crippen LogP contribution in [-0.2, 0) is 5.41 Å². The van der Waals surface area contributed by atoms with E-state index in [4.69, 9.17) is 0 Å². The van der Waals surface area contributed by atoms with Crippen LogP contribution in [0.25, 0.3) is 83.1 Å². The minimum absolute atomic E-state index is 0.260. The van der Waals surface area contributed by atoms with Gasteiger partial charge in [-0.3, -0.25) is 0 Å². The maximum atomic E-state index is 2.47. The molecule has 0 N–H and O–H groups in total. The first-order valence-corrected chi connectivity index (χ1v) is 22.6. The molecular weight excluding hydrogens is 785 g/mol. The first-order chi connectivity index (χ1) is 32.0. The summed E-state index contributed by atoms with van der Waals surface area (Å²) in [6, 6.07) is 88.9. The molecule has 12 rings (SSSR count). The van der Waals surface area contributed by atoms with Crippen molar-refractivity contribution in [2.24, 2.45) is 0 Å². The van der Waals surface area contributed by atoms with Crippen molar-refractivity contribution in [3.05, 3.63) is 254 Å². The number of rotatable bonds is 8. The molecule has 2 heteroatoms. The van der Waals surface area contributed by atoms with Crippen LogP contribution in [0.4, 0.5) is 17.1 Å². The number of fused-ring (bicyclic) bond motifs is 6. The molecule has 0 fully saturated rings. The number of nitrogens with zero attached hydrogens (tertiary/aromatic N) is 2. The van der Waals surface area contributed by atoms with Gasteiger partial charge in [-0.15, -0.1) is 0 Å². The average molecular weight is 831 g/mol. The van der Waals surface area contributed by atoms with Crippen LogP contribution in [0.15, 0.2) is 243 Å². The molecule has 2 nitrogen and oxygen atoms in total. The van der Waals surface area contributed by atoms with Crippen LogP contribution in [0.2, 0.25) is 0 Å². The fraction of sp³-hybridized carbons (Fsp3) is 0.0476. The first kappa shape index (κ1) is 38.5. The highest BCUT2D eigenvalue weighted by Gasteiger charge is 2.37. The van der Waals surface area contributed by atoms with Crippen molar-refractivity contribution in [1.29, 1.82) is 0 Å². The van der Waals surface area contributed by atoms with Crippen LogP contribution in [0.1, 0.15) is 25.0 Å². The normalized spacial score (nSPS) is 12.6. The number of hydrogen-bond donors (Lipinski definition) is 0. The number of para-hydroxylation sites is 3. The van der Waals surface area contributed by atoms with Gasteiger partial charge in [-0.1, -0.05) is 190 Å². The summed E-state index contributed by atoms with van der Waals surface area (Å²) in [6.07, 6.45) is 0. The smallest absolute Gasteiger partial charge is 0.0541 e. The SMILES string of the molecule is CC1(C)c2cc(N(c3cccc(-c4cccc(-c5ccccc5)c4)c3)c3ccccc3-c3cccc(-c4ccccc4)c3)ccc2-c2ccc(-n3c4ccccc4c4ccccc43)cc21. The van der Waals surface area contributed by atoms with Gasteiger partial charge in [-0.25, -0.2) is 0 Å². The number of aromatic nitrogens is 1. The Labute approximate surface area is 381 Å². The molecule has 11 aromatic rings. The van der Waals surface area contributed by atoms with Crippen LogP contribution in [0.5, 0.6) is 0 Å². The van der Waals surface area contributed by atoms with Crippen LogP contribution >= 0.6 is 0 Å². The summed E-state index contributed by atoms with van der Waals surface area (Å²) in [4.78, 5) is 2.47. The highest BCUT2D eigenvalue weighted by molar-refractivity contribution is 6.09. The van der Waals surface area contributed by atoms with Crippen LogP contribution in [0, 0.1) is 0 Å². The average Bonchev–Trinajstić information content (AvgIpc) is 3.82. The van der Waals surface area contributed by atoms with Gasteiger partial charge < -0.3 is 9.47 Å². The molecule has 1 aliphatic carbocycles. The quantitative estimate of drug-likeness (QED) is 0.148. The van der Waals surface area contributed by atoms with Gasteiger partial charge in [0.15, 0.2) is 0 Å². The van der Waals surface area contributed by atoms with Crippen LogP contribution in [0.3, 0.4) is 0 Å². The van der Waals surface area contributed by atoms with E-state index in [1.165, 1.54) is 94.3 Å². The van der Waals surface area contributed by atoms with Gasteiger partial charge in [-0.2, -0.15) is 0 Å². The third-order valence-corrected chi connectivity index (χ3v) is 13.6. The van der Waals surface area contributed by atoms with Crippen molar-refractivity contribution in [3.8, 4) is 61.3 Å². The summed E-state index contributed by atoms with van der Waals surface area (Å²) in [7, 11) is 0. The zero-order chi connectivity index (χ0) is 43.5. The molecule has 1 aromatic heterocycles. The standard InChI is InChI=1S/C63H46N2/c1-63(2)58-41-51(34-36-54(58)55-37-35-52(42-59(55)63)65-61-32-13-10-29-56(61)57-30-11-14-33-62(57)65)64(50-27-17-25-48(40-50)47-24-15-22-45(38-47)43-18-5-3-6-19-43)60-31-12-9-28-53(60)49-26-16-23-46(39-49)44-20-7-4-8-21-44/h3-42H,1-2H3. The van der Waals surface area contributed by atoms with E-state index in [0.29, 0.717) is 0 Å². The lowest BCUT2D eigenvalue weighted by Crippen LogP contribution is -2.17. The van der Waals surface area contributed by atoms with E-state index in [9.17, 15) is 0 Å². The molecule has 65 heavy (non-hydrogen) atoms. The fourth-order valence-electron chi connectivity index (χ4n) is 10.4. The summed E-state index contributed by atoms with van der Waals surface area (Å²) in [6.45, 7) is 4.79. The summed E-state index contributed by atoms with van der Waals surface area (Å²) >= 11 is 0. The molecule has 10 aromatic carbocycles. The topological polar surface area (TPSA) is 8.17 Å². The molecular formula is C63H46N2. The highest BCUT2D eigenvalue weighted by Crippen LogP contribution is 2.52. The summed E-state index contributed by atoms with van der Waals surface area (Å²) in [5.74, 6) is 0. The Bertz CT molecular complexity index is 3520. The van der Waals surface area contributed by atoms with Gasteiger partial charge in [0.2, 0.25) is 0 Å². The predicted molar refractivity (Wildman–Crippen MR) is 275 cm³/mol. The van der Waals surface area contributed by atoms with Crippen LogP contribution in [-0.4, -0.2) is 4.57 Å². The summed E-state index contributed by atoms with van der Waals surface area (Å²) in [5.41, 5.74) is 21.5. The van der Waals surface area contributed by atoms with E-state index in [1.54, 1.807) is 0 Å². The van der Waals surface area contributed by atoms with Crippen molar-refractivity contribution in [3.63, 3.8) is 0 Å². The second-order valence-electron chi connectivity index (χ2n) is 17.8.